The number of hydrogen-bond donors (Lipinski definition) is 1. The topological polar surface area (TPSA) is 81.2 Å². The first kappa shape index (κ1) is 11.4. The Morgan fingerprint density at radius 3 is 2.62 bits per heavy atom. The average molecular weight is 244 g/mol. The number of rotatable bonds is 2. The standard InChI is InChI=1S/C9H16N4O2S/c1-7-8(9(10)12(2)11-7)6-13-4-3-5-16(13,14)15/h3-6,10H2,1-2H3. The summed E-state index contributed by atoms with van der Waals surface area (Å²) in [5, 5.41) is 4.17. The molecule has 0 amide bonds. The molecule has 6 nitrogen and oxygen atoms in total. The molecule has 2 rings (SSSR count). The third-order valence-corrected chi connectivity index (χ3v) is 4.84. The molecule has 90 valence electrons. The van der Waals surface area contributed by atoms with Crippen LogP contribution in [0.3, 0.4) is 0 Å². The van der Waals surface area contributed by atoms with Crippen molar-refractivity contribution in [2.45, 2.75) is 19.9 Å². The van der Waals surface area contributed by atoms with E-state index in [1.165, 1.54) is 4.31 Å². The number of aryl methyl sites for hydroxylation is 2. The minimum absolute atomic E-state index is 0.242. The van der Waals surface area contributed by atoms with Gasteiger partial charge in [0, 0.05) is 25.7 Å². The van der Waals surface area contributed by atoms with Crippen molar-refractivity contribution in [1.82, 2.24) is 14.1 Å². The fourth-order valence-electron chi connectivity index (χ4n) is 1.96. The van der Waals surface area contributed by atoms with Gasteiger partial charge in [0.1, 0.15) is 5.82 Å². The van der Waals surface area contributed by atoms with Crippen molar-refractivity contribution < 1.29 is 8.42 Å². The van der Waals surface area contributed by atoms with Crippen molar-refractivity contribution in [1.29, 1.82) is 0 Å². The molecule has 0 saturated carbocycles. The normalized spacial score (nSPS) is 20.4. The van der Waals surface area contributed by atoms with Crippen LogP contribution in [0, 0.1) is 6.92 Å². The Bertz CT molecular complexity index is 506. The number of aromatic nitrogens is 2. The number of nitrogens with zero attached hydrogens (tertiary/aromatic N) is 3. The van der Waals surface area contributed by atoms with Gasteiger partial charge < -0.3 is 5.73 Å². The fourth-order valence-corrected chi connectivity index (χ4v) is 3.45. The Morgan fingerprint density at radius 2 is 2.19 bits per heavy atom. The molecule has 0 bridgehead atoms. The van der Waals surface area contributed by atoms with E-state index >= 15 is 0 Å². The van der Waals surface area contributed by atoms with Gasteiger partial charge in [0.25, 0.3) is 0 Å². The Kier molecular flexibility index (Phi) is 2.67. The highest BCUT2D eigenvalue weighted by molar-refractivity contribution is 7.89. The minimum Gasteiger partial charge on any atom is -0.384 e. The molecule has 16 heavy (non-hydrogen) atoms. The number of hydrogen-bond acceptors (Lipinski definition) is 4. The zero-order valence-corrected chi connectivity index (χ0v) is 10.3. The van der Waals surface area contributed by atoms with E-state index in [2.05, 4.69) is 5.10 Å². The Balaban J connectivity index is 2.28. The fraction of sp³-hybridized carbons (Fsp3) is 0.667. The van der Waals surface area contributed by atoms with Crippen LogP contribution < -0.4 is 5.73 Å². The molecule has 1 aliphatic rings. The molecule has 0 radical (unpaired) electrons. The molecule has 0 aliphatic carbocycles. The van der Waals surface area contributed by atoms with Crippen LogP contribution in [0.4, 0.5) is 5.82 Å². The molecule has 7 heteroatoms. The number of nitrogens with two attached hydrogens (primary N) is 1. The van der Waals surface area contributed by atoms with Crippen LogP contribution in [0.1, 0.15) is 17.7 Å². The second-order valence-corrected chi connectivity index (χ2v) is 6.16. The van der Waals surface area contributed by atoms with Crippen molar-refractivity contribution in [3.8, 4) is 0 Å². The van der Waals surface area contributed by atoms with E-state index in [0.29, 0.717) is 25.3 Å². The molecule has 1 saturated heterocycles. The number of sulfonamides is 1. The Labute approximate surface area is 95.1 Å². The van der Waals surface area contributed by atoms with Crippen LogP contribution in [0.25, 0.3) is 0 Å². The number of nitrogen functional groups attached to an aromatic ring is 1. The van der Waals surface area contributed by atoms with Gasteiger partial charge in [0.05, 0.1) is 11.4 Å². The summed E-state index contributed by atoms with van der Waals surface area (Å²) in [5.41, 5.74) is 7.46. The largest absolute Gasteiger partial charge is 0.384 e. The number of anilines is 1. The summed E-state index contributed by atoms with van der Waals surface area (Å²) in [6.45, 7) is 2.76. The van der Waals surface area contributed by atoms with E-state index < -0.39 is 10.0 Å². The summed E-state index contributed by atoms with van der Waals surface area (Å²) in [6.07, 6.45) is 0.696. The summed E-state index contributed by atoms with van der Waals surface area (Å²) < 4.78 is 26.4. The molecule has 2 N–H and O–H groups in total. The van der Waals surface area contributed by atoms with Crippen LogP contribution in [-0.2, 0) is 23.6 Å². The zero-order chi connectivity index (χ0) is 11.9. The maximum absolute atomic E-state index is 11.7. The van der Waals surface area contributed by atoms with E-state index in [4.69, 9.17) is 5.73 Å². The van der Waals surface area contributed by atoms with Crippen molar-refractivity contribution in [3.63, 3.8) is 0 Å². The Hall–Kier alpha value is -1.08. The molecular formula is C9H16N4O2S. The Morgan fingerprint density at radius 1 is 1.50 bits per heavy atom. The van der Waals surface area contributed by atoms with Gasteiger partial charge in [-0.05, 0) is 13.3 Å². The van der Waals surface area contributed by atoms with Gasteiger partial charge in [0.15, 0.2) is 0 Å². The van der Waals surface area contributed by atoms with Crippen LogP contribution in [0.2, 0.25) is 0 Å². The smallest absolute Gasteiger partial charge is 0.214 e. The molecule has 2 heterocycles. The van der Waals surface area contributed by atoms with E-state index in [-0.39, 0.29) is 5.75 Å². The summed E-state index contributed by atoms with van der Waals surface area (Å²) in [4.78, 5) is 0. The minimum atomic E-state index is -3.07. The molecule has 1 fully saturated rings. The molecule has 0 atom stereocenters. The van der Waals surface area contributed by atoms with Crippen LogP contribution in [0.5, 0.6) is 0 Å². The maximum Gasteiger partial charge on any atom is 0.214 e. The van der Waals surface area contributed by atoms with Crippen molar-refractivity contribution in [3.05, 3.63) is 11.3 Å². The van der Waals surface area contributed by atoms with Crippen molar-refractivity contribution in [2.75, 3.05) is 18.0 Å². The molecule has 0 aromatic carbocycles. The van der Waals surface area contributed by atoms with Gasteiger partial charge in [-0.2, -0.15) is 9.40 Å². The molecule has 1 aromatic heterocycles. The van der Waals surface area contributed by atoms with Gasteiger partial charge in [0.2, 0.25) is 10.0 Å². The zero-order valence-electron chi connectivity index (χ0n) is 9.47. The first-order chi connectivity index (χ1) is 7.42. The predicted octanol–water partition coefficient (Wildman–Crippen LogP) is -0.154. The summed E-state index contributed by atoms with van der Waals surface area (Å²) in [5.74, 6) is 0.784. The molecule has 1 aromatic rings. The lowest BCUT2D eigenvalue weighted by Gasteiger charge is -2.14. The summed E-state index contributed by atoms with van der Waals surface area (Å²) in [6, 6.07) is 0. The molecule has 0 unspecified atom stereocenters. The second-order valence-electron chi connectivity index (χ2n) is 4.08. The van der Waals surface area contributed by atoms with Crippen LogP contribution in [-0.4, -0.2) is 34.8 Å². The lowest BCUT2D eigenvalue weighted by Crippen LogP contribution is -2.25. The highest BCUT2D eigenvalue weighted by Crippen LogP contribution is 2.22. The molecular weight excluding hydrogens is 228 g/mol. The highest BCUT2D eigenvalue weighted by Gasteiger charge is 2.29. The maximum atomic E-state index is 11.7. The quantitative estimate of drug-likeness (QED) is 0.784. The highest BCUT2D eigenvalue weighted by atomic mass is 32.2. The third kappa shape index (κ3) is 1.80. The average Bonchev–Trinajstić information content (AvgIpc) is 2.62. The predicted molar refractivity (Wildman–Crippen MR) is 61.2 cm³/mol. The van der Waals surface area contributed by atoms with Crippen molar-refractivity contribution in [2.24, 2.45) is 7.05 Å². The van der Waals surface area contributed by atoms with E-state index in [1.807, 2.05) is 6.92 Å². The summed E-state index contributed by atoms with van der Waals surface area (Å²) >= 11 is 0. The van der Waals surface area contributed by atoms with Gasteiger partial charge in [-0.3, -0.25) is 4.68 Å². The summed E-state index contributed by atoms with van der Waals surface area (Å²) in [7, 11) is -1.31. The van der Waals surface area contributed by atoms with E-state index in [0.717, 1.165) is 11.3 Å². The monoisotopic (exact) mass is 244 g/mol. The lowest BCUT2D eigenvalue weighted by molar-refractivity contribution is 0.439. The van der Waals surface area contributed by atoms with E-state index in [1.54, 1.807) is 11.7 Å². The van der Waals surface area contributed by atoms with Gasteiger partial charge in [-0.25, -0.2) is 8.42 Å². The SMILES string of the molecule is Cc1nn(C)c(N)c1CN1CCCS1(=O)=O. The van der Waals surface area contributed by atoms with Gasteiger partial charge >= 0.3 is 0 Å². The van der Waals surface area contributed by atoms with E-state index in [9.17, 15) is 8.42 Å². The second kappa shape index (κ2) is 3.74. The first-order valence-electron chi connectivity index (χ1n) is 5.17. The molecule has 0 spiro atoms. The van der Waals surface area contributed by atoms with Crippen molar-refractivity contribution >= 4 is 15.8 Å². The lowest BCUT2D eigenvalue weighted by atomic mass is 10.2. The van der Waals surface area contributed by atoms with Gasteiger partial charge in [-0.1, -0.05) is 0 Å². The first-order valence-corrected chi connectivity index (χ1v) is 6.78. The van der Waals surface area contributed by atoms with Crippen LogP contribution in [0.15, 0.2) is 0 Å². The van der Waals surface area contributed by atoms with Gasteiger partial charge in [-0.15, -0.1) is 0 Å². The third-order valence-electron chi connectivity index (χ3n) is 2.93. The van der Waals surface area contributed by atoms with Crippen LogP contribution >= 0.6 is 0 Å². The molecule has 1 aliphatic heterocycles.